The summed E-state index contributed by atoms with van der Waals surface area (Å²) in [5.41, 5.74) is 10.8. The molecule has 2 rings (SSSR count). The van der Waals surface area contributed by atoms with Gasteiger partial charge in [0.25, 0.3) is 0 Å². The van der Waals surface area contributed by atoms with Crippen LogP contribution < -0.4 is 11.5 Å². The maximum absolute atomic E-state index is 12.0. The Bertz CT molecular complexity index is 569. The average Bonchev–Trinajstić information content (AvgIpc) is 2.48. The lowest BCUT2D eigenvalue weighted by molar-refractivity contribution is -0.0717. The first-order valence-corrected chi connectivity index (χ1v) is 6.92. The molecule has 116 valence electrons. The normalized spacial score (nSPS) is 16.2. The molecule has 0 aliphatic heterocycles. The molecule has 5 nitrogen and oxygen atoms in total. The molecule has 5 heteroatoms. The summed E-state index contributed by atoms with van der Waals surface area (Å²) in [5, 5.41) is 0. The van der Waals surface area contributed by atoms with E-state index >= 15 is 0 Å². The molecule has 4 N–H and O–H groups in total. The monoisotopic (exact) mass is 300 g/mol. The predicted molar refractivity (Wildman–Crippen MR) is 83.5 cm³/mol. The van der Waals surface area contributed by atoms with Gasteiger partial charge >= 0.3 is 6.16 Å². The Morgan fingerprint density at radius 3 is 1.41 bits per heavy atom. The molecule has 22 heavy (non-hydrogen) atoms. The molecule has 2 atom stereocenters. The predicted octanol–water partition coefficient (Wildman–Crippen LogP) is 2.80. The largest absolute Gasteiger partial charge is 0.512 e. The minimum atomic E-state index is -1.30. The molecular formula is C17H20N2O3. The summed E-state index contributed by atoms with van der Waals surface area (Å²) < 4.78 is 10.4. The number of hydrogen-bond acceptors (Lipinski definition) is 5. The number of carbonyl (C=O) groups excluding carboxylic acids is 1. The van der Waals surface area contributed by atoms with Crippen molar-refractivity contribution in [2.45, 2.75) is 25.3 Å². The number of ether oxygens (including phenoxy) is 2. The van der Waals surface area contributed by atoms with Crippen molar-refractivity contribution in [1.29, 1.82) is 0 Å². The summed E-state index contributed by atoms with van der Waals surface area (Å²) >= 11 is 0. The molecule has 0 heterocycles. The molecule has 0 aliphatic carbocycles. The highest BCUT2D eigenvalue weighted by molar-refractivity contribution is 5.61. The second-order valence-electron chi connectivity index (χ2n) is 5.40. The standard InChI is InChI=1S/C17H20N2O3/c1-16(18,13-9-5-3-6-10-13)21-15(20)22-17(2,19)14-11-7-4-8-12-14/h3-12H,18-19H2,1-2H3. The quantitative estimate of drug-likeness (QED) is 0.669. The van der Waals surface area contributed by atoms with E-state index < -0.39 is 17.6 Å². The van der Waals surface area contributed by atoms with Gasteiger partial charge in [-0.2, -0.15) is 0 Å². The van der Waals surface area contributed by atoms with Gasteiger partial charge in [0.15, 0.2) is 11.4 Å². The van der Waals surface area contributed by atoms with E-state index in [4.69, 9.17) is 20.9 Å². The van der Waals surface area contributed by atoms with Gasteiger partial charge in [-0.25, -0.2) is 4.79 Å². The van der Waals surface area contributed by atoms with Crippen LogP contribution in [-0.4, -0.2) is 6.16 Å². The third-order valence-corrected chi connectivity index (χ3v) is 3.28. The van der Waals surface area contributed by atoms with Crippen molar-refractivity contribution in [2.24, 2.45) is 11.5 Å². The summed E-state index contributed by atoms with van der Waals surface area (Å²) in [6, 6.07) is 18.0. The lowest BCUT2D eigenvalue weighted by Gasteiger charge is -2.29. The van der Waals surface area contributed by atoms with Crippen molar-refractivity contribution >= 4 is 6.16 Å². The number of hydrogen-bond donors (Lipinski definition) is 2. The Morgan fingerprint density at radius 1 is 0.773 bits per heavy atom. The fourth-order valence-corrected chi connectivity index (χ4v) is 2.02. The average molecular weight is 300 g/mol. The highest BCUT2D eigenvalue weighted by Gasteiger charge is 2.32. The number of benzene rings is 2. The Hall–Kier alpha value is -2.37. The molecule has 0 bridgehead atoms. The van der Waals surface area contributed by atoms with E-state index in [2.05, 4.69) is 0 Å². The summed E-state index contributed by atoms with van der Waals surface area (Å²) in [6.45, 7) is 3.17. The molecule has 2 aromatic rings. The van der Waals surface area contributed by atoms with Crippen LogP contribution in [0.3, 0.4) is 0 Å². The maximum atomic E-state index is 12.0. The third-order valence-electron chi connectivity index (χ3n) is 3.28. The molecule has 0 spiro atoms. The van der Waals surface area contributed by atoms with Gasteiger partial charge in [0.1, 0.15) is 0 Å². The fourth-order valence-electron chi connectivity index (χ4n) is 2.02. The van der Waals surface area contributed by atoms with Gasteiger partial charge in [0.2, 0.25) is 0 Å². The Morgan fingerprint density at radius 2 is 1.09 bits per heavy atom. The van der Waals surface area contributed by atoms with Crippen LogP contribution in [0.2, 0.25) is 0 Å². The van der Waals surface area contributed by atoms with Gasteiger partial charge in [0, 0.05) is 11.1 Å². The zero-order valence-corrected chi connectivity index (χ0v) is 12.7. The van der Waals surface area contributed by atoms with E-state index in [0.717, 1.165) is 0 Å². The minimum absolute atomic E-state index is 0.658. The molecule has 0 amide bonds. The van der Waals surface area contributed by atoms with Crippen LogP contribution in [0.25, 0.3) is 0 Å². The summed E-state index contributed by atoms with van der Waals surface area (Å²) in [4.78, 5) is 12.0. The Kier molecular flexibility index (Phi) is 4.49. The fraction of sp³-hybridized carbons (Fsp3) is 0.235. The van der Waals surface area contributed by atoms with Crippen molar-refractivity contribution in [1.82, 2.24) is 0 Å². The van der Waals surface area contributed by atoms with Crippen molar-refractivity contribution < 1.29 is 14.3 Å². The molecular weight excluding hydrogens is 280 g/mol. The van der Waals surface area contributed by atoms with E-state index in [-0.39, 0.29) is 0 Å². The molecule has 0 aliphatic rings. The molecule has 2 unspecified atom stereocenters. The number of carbonyl (C=O) groups is 1. The van der Waals surface area contributed by atoms with E-state index in [9.17, 15) is 4.79 Å². The molecule has 0 fully saturated rings. The summed E-state index contributed by atoms with van der Waals surface area (Å²) in [5.74, 6) is 0. The van der Waals surface area contributed by atoms with Gasteiger partial charge < -0.3 is 9.47 Å². The van der Waals surface area contributed by atoms with Gasteiger partial charge in [-0.15, -0.1) is 0 Å². The van der Waals surface area contributed by atoms with Crippen LogP contribution in [0.4, 0.5) is 4.79 Å². The summed E-state index contributed by atoms with van der Waals surface area (Å²) in [7, 11) is 0. The molecule has 0 aromatic heterocycles. The van der Waals surface area contributed by atoms with E-state index in [1.54, 1.807) is 38.1 Å². The van der Waals surface area contributed by atoms with Crippen molar-refractivity contribution in [3.8, 4) is 0 Å². The first kappa shape index (κ1) is 16.0. The minimum Gasteiger partial charge on any atom is -0.409 e. The smallest absolute Gasteiger partial charge is 0.409 e. The second kappa shape index (κ2) is 6.17. The van der Waals surface area contributed by atoms with Gasteiger partial charge in [0.05, 0.1) is 0 Å². The lowest BCUT2D eigenvalue weighted by Crippen LogP contribution is -2.43. The van der Waals surface area contributed by atoms with Crippen molar-refractivity contribution in [2.75, 3.05) is 0 Å². The molecule has 0 saturated heterocycles. The number of rotatable bonds is 4. The third kappa shape index (κ3) is 3.84. The maximum Gasteiger partial charge on any atom is 0.512 e. The number of nitrogens with two attached hydrogens (primary N) is 2. The van der Waals surface area contributed by atoms with E-state index in [1.165, 1.54) is 0 Å². The SMILES string of the molecule is CC(N)(OC(=O)OC(C)(N)c1ccccc1)c1ccccc1. The van der Waals surface area contributed by atoms with Crippen LogP contribution >= 0.6 is 0 Å². The van der Waals surface area contributed by atoms with Crippen LogP contribution in [-0.2, 0) is 20.9 Å². The second-order valence-corrected chi connectivity index (χ2v) is 5.40. The first-order chi connectivity index (χ1) is 10.3. The highest BCUT2D eigenvalue weighted by Crippen LogP contribution is 2.23. The zero-order valence-electron chi connectivity index (χ0n) is 12.7. The van der Waals surface area contributed by atoms with Gasteiger partial charge in [-0.1, -0.05) is 60.7 Å². The Labute approximate surface area is 129 Å². The highest BCUT2D eigenvalue weighted by atomic mass is 16.7. The van der Waals surface area contributed by atoms with Crippen molar-refractivity contribution in [3.05, 3.63) is 71.8 Å². The van der Waals surface area contributed by atoms with Gasteiger partial charge in [-0.05, 0) is 13.8 Å². The van der Waals surface area contributed by atoms with Gasteiger partial charge in [-0.3, -0.25) is 11.5 Å². The molecule has 2 aromatic carbocycles. The zero-order chi connectivity index (χ0) is 16.2. The molecule has 0 radical (unpaired) electrons. The van der Waals surface area contributed by atoms with Crippen LogP contribution in [0, 0.1) is 0 Å². The van der Waals surface area contributed by atoms with E-state index in [0.29, 0.717) is 11.1 Å². The lowest BCUT2D eigenvalue weighted by atomic mass is 10.1. The van der Waals surface area contributed by atoms with Crippen molar-refractivity contribution in [3.63, 3.8) is 0 Å². The topological polar surface area (TPSA) is 87.6 Å². The Balaban J connectivity index is 2.07. The first-order valence-electron chi connectivity index (χ1n) is 6.92. The summed E-state index contributed by atoms with van der Waals surface area (Å²) in [6.07, 6.45) is -0.928. The van der Waals surface area contributed by atoms with Crippen LogP contribution in [0.5, 0.6) is 0 Å². The molecule has 0 saturated carbocycles. The van der Waals surface area contributed by atoms with Crippen LogP contribution in [0.15, 0.2) is 60.7 Å². The van der Waals surface area contributed by atoms with E-state index in [1.807, 2.05) is 36.4 Å². The van der Waals surface area contributed by atoms with Crippen LogP contribution in [0.1, 0.15) is 25.0 Å².